The lowest BCUT2D eigenvalue weighted by Crippen LogP contribution is -2.11. The van der Waals surface area contributed by atoms with Gasteiger partial charge in [0.1, 0.15) is 0 Å². The molecule has 3 nitrogen and oxygen atoms in total. The molecule has 3 heteroatoms. The summed E-state index contributed by atoms with van der Waals surface area (Å²) >= 11 is 0. The molecule has 0 aliphatic carbocycles. The first-order chi connectivity index (χ1) is 8.15. The maximum Gasteiger partial charge on any atom is 0.248 e. The second-order valence-electron chi connectivity index (χ2n) is 3.98. The van der Waals surface area contributed by atoms with Crippen molar-refractivity contribution in [1.82, 2.24) is 0 Å². The maximum atomic E-state index is 11.1. The molecule has 2 aromatic carbocycles. The fraction of sp³-hybridized carbons (Fsp3) is 0.0714. The predicted molar refractivity (Wildman–Crippen MR) is 68.6 cm³/mol. The molecule has 0 spiro atoms. The Morgan fingerprint density at radius 1 is 1.00 bits per heavy atom. The Kier molecular flexibility index (Phi) is 3.10. The fourth-order valence-electron chi connectivity index (χ4n) is 1.71. The Morgan fingerprint density at radius 3 is 2.35 bits per heavy atom. The number of hydrogen-bond acceptors (Lipinski definition) is 2. The number of nitrogens with two attached hydrogens (primary N) is 2. The molecule has 0 saturated carbocycles. The van der Waals surface area contributed by atoms with Gasteiger partial charge in [-0.1, -0.05) is 24.3 Å². The number of hydrogen-bond donors (Lipinski definition) is 2. The summed E-state index contributed by atoms with van der Waals surface area (Å²) < 4.78 is 0. The van der Waals surface area contributed by atoms with Crippen LogP contribution in [0.15, 0.2) is 48.5 Å². The van der Waals surface area contributed by atoms with E-state index in [9.17, 15) is 4.79 Å². The molecule has 0 heterocycles. The topological polar surface area (TPSA) is 69.1 Å². The molecule has 0 aromatic heterocycles. The van der Waals surface area contributed by atoms with Crippen LogP contribution in [0.1, 0.15) is 21.5 Å². The van der Waals surface area contributed by atoms with Crippen LogP contribution in [0.25, 0.3) is 0 Å². The molecule has 0 aliphatic heterocycles. The minimum absolute atomic E-state index is 0.399. The van der Waals surface area contributed by atoms with E-state index in [0.29, 0.717) is 5.56 Å². The van der Waals surface area contributed by atoms with Crippen molar-refractivity contribution in [1.29, 1.82) is 0 Å². The molecular formula is C14H14N2O. The standard InChI is InChI=1S/C14H14N2O/c15-13-6-4-10(5-7-13)8-11-2-1-3-12(9-11)14(16)17/h1-7,9H,8,15H2,(H2,16,17). The van der Waals surface area contributed by atoms with E-state index in [0.717, 1.165) is 23.2 Å². The van der Waals surface area contributed by atoms with Crippen molar-refractivity contribution in [3.8, 4) is 0 Å². The zero-order chi connectivity index (χ0) is 12.3. The highest BCUT2D eigenvalue weighted by Crippen LogP contribution is 2.13. The van der Waals surface area contributed by atoms with E-state index >= 15 is 0 Å². The zero-order valence-corrected chi connectivity index (χ0v) is 9.39. The van der Waals surface area contributed by atoms with E-state index in [-0.39, 0.29) is 0 Å². The first-order valence-electron chi connectivity index (χ1n) is 5.38. The fourth-order valence-corrected chi connectivity index (χ4v) is 1.71. The minimum atomic E-state index is -0.399. The first kappa shape index (κ1) is 11.2. The Labute approximate surface area is 100 Å². The van der Waals surface area contributed by atoms with E-state index in [1.54, 1.807) is 6.07 Å². The number of benzene rings is 2. The van der Waals surface area contributed by atoms with Gasteiger partial charge in [-0.25, -0.2) is 0 Å². The molecule has 86 valence electrons. The molecule has 0 atom stereocenters. The average molecular weight is 226 g/mol. The van der Waals surface area contributed by atoms with E-state index in [1.165, 1.54) is 0 Å². The minimum Gasteiger partial charge on any atom is -0.399 e. The molecule has 0 fully saturated rings. The Morgan fingerprint density at radius 2 is 1.71 bits per heavy atom. The Balaban J connectivity index is 2.21. The van der Waals surface area contributed by atoms with Gasteiger partial charge in [0.2, 0.25) is 5.91 Å². The third kappa shape index (κ3) is 2.84. The van der Waals surface area contributed by atoms with Crippen molar-refractivity contribution in [2.45, 2.75) is 6.42 Å². The van der Waals surface area contributed by atoms with Crippen molar-refractivity contribution in [2.24, 2.45) is 5.73 Å². The number of nitrogen functional groups attached to an aromatic ring is 1. The summed E-state index contributed by atoms with van der Waals surface area (Å²) in [6.07, 6.45) is 0.765. The predicted octanol–water partition coefficient (Wildman–Crippen LogP) is 1.96. The quantitative estimate of drug-likeness (QED) is 0.785. The number of amides is 1. The lowest BCUT2D eigenvalue weighted by atomic mass is 10.0. The molecule has 2 aromatic rings. The highest BCUT2D eigenvalue weighted by molar-refractivity contribution is 5.92. The second-order valence-corrected chi connectivity index (χ2v) is 3.98. The zero-order valence-electron chi connectivity index (χ0n) is 9.39. The monoisotopic (exact) mass is 226 g/mol. The molecule has 17 heavy (non-hydrogen) atoms. The smallest absolute Gasteiger partial charge is 0.248 e. The molecule has 0 aliphatic rings. The van der Waals surface area contributed by atoms with Gasteiger partial charge in [0, 0.05) is 11.3 Å². The largest absolute Gasteiger partial charge is 0.399 e. The van der Waals surface area contributed by atoms with Crippen LogP contribution in [-0.4, -0.2) is 5.91 Å². The summed E-state index contributed by atoms with van der Waals surface area (Å²) in [4.78, 5) is 11.1. The lowest BCUT2D eigenvalue weighted by Gasteiger charge is -2.04. The second kappa shape index (κ2) is 4.70. The van der Waals surface area contributed by atoms with Gasteiger partial charge >= 0.3 is 0 Å². The normalized spacial score (nSPS) is 10.1. The van der Waals surface area contributed by atoms with Crippen LogP contribution < -0.4 is 11.5 Å². The first-order valence-corrected chi connectivity index (χ1v) is 5.38. The summed E-state index contributed by atoms with van der Waals surface area (Å²) in [5, 5.41) is 0. The van der Waals surface area contributed by atoms with Crippen molar-refractivity contribution in [2.75, 3.05) is 5.73 Å². The van der Waals surface area contributed by atoms with Gasteiger partial charge in [0.25, 0.3) is 0 Å². The summed E-state index contributed by atoms with van der Waals surface area (Å²) in [5.41, 5.74) is 14.4. The van der Waals surface area contributed by atoms with E-state index < -0.39 is 5.91 Å². The molecular weight excluding hydrogens is 212 g/mol. The lowest BCUT2D eigenvalue weighted by molar-refractivity contribution is 0.1000. The third-order valence-electron chi connectivity index (χ3n) is 2.60. The van der Waals surface area contributed by atoms with E-state index in [2.05, 4.69) is 0 Å². The Bertz CT molecular complexity index is 532. The van der Waals surface area contributed by atoms with Crippen LogP contribution in [0.5, 0.6) is 0 Å². The van der Waals surface area contributed by atoms with E-state index in [4.69, 9.17) is 11.5 Å². The molecule has 2 rings (SSSR count). The number of primary amides is 1. The number of rotatable bonds is 3. The van der Waals surface area contributed by atoms with Crippen LogP contribution in [-0.2, 0) is 6.42 Å². The molecule has 0 bridgehead atoms. The highest BCUT2D eigenvalue weighted by Gasteiger charge is 2.02. The van der Waals surface area contributed by atoms with Gasteiger partial charge in [-0.3, -0.25) is 4.79 Å². The van der Waals surface area contributed by atoms with Crippen LogP contribution in [0.2, 0.25) is 0 Å². The molecule has 0 unspecified atom stereocenters. The van der Waals surface area contributed by atoms with Crippen LogP contribution in [0.3, 0.4) is 0 Å². The van der Waals surface area contributed by atoms with Gasteiger partial charge < -0.3 is 11.5 Å². The van der Waals surface area contributed by atoms with E-state index in [1.807, 2.05) is 42.5 Å². The van der Waals surface area contributed by atoms with Gasteiger partial charge in [-0.05, 0) is 41.8 Å². The van der Waals surface area contributed by atoms with Gasteiger partial charge in [-0.15, -0.1) is 0 Å². The number of carbonyl (C=O) groups is 1. The number of anilines is 1. The average Bonchev–Trinajstić information content (AvgIpc) is 2.32. The molecule has 0 saturated heterocycles. The maximum absolute atomic E-state index is 11.1. The van der Waals surface area contributed by atoms with Gasteiger partial charge in [0.15, 0.2) is 0 Å². The summed E-state index contributed by atoms with van der Waals surface area (Å²) in [6.45, 7) is 0. The third-order valence-corrected chi connectivity index (χ3v) is 2.60. The Hall–Kier alpha value is -2.29. The number of carbonyl (C=O) groups excluding carboxylic acids is 1. The van der Waals surface area contributed by atoms with Crippen molar-refractivity contribution in [3.63, 3.8) is 0 Å². The van der Waals surface area contributed by atoms with Gasteiger partial charge in [-0.2, -0.15) is 0 Å². The highest BCUT2D eigenvalue weighted by atomic mass is 16.1. The van der Waals surface area contributed by atoms with Crippen molar-refractivity contribution < 1.29 is 4.79 Å². The molecule has 0 radical (unpaired) electrons. The molecule has 4 N–H and O–H groups in total. The summed E-state index contributed by atoms with van der Waals surface area (Å²) in [5.74, 6) is -0.399. The molecule has 1 amide bonds. The van der Waals surface area contributed by atoms with Crippen LogP contribution in [0.4, 0.5) is 5.69 Å². The van der Waals surface area contributed by atoms with Crippen LogP contribution in [0, 0.1) is 0 Å². The summed E-state index contributed by atoms with van der Waals surface area (Å²) in [7, 11) is 0. The van der Waals surface area contributed by atoms with Crippen molar-refractivity contribution >= 4 is 11.6 Å². The summed E-state index contributed by atoms with van der Waals surface area (Å²) in [6, 6.07) is 15.0. The van der Waals surface area contributed by atoms with Crippen molar-refractivity contribution in [3.05, 3.63) is 65.2 Å². The SMILES string of the molecule is NC(=O)c1cccc(Cc2ccc(N)cc2)c1. The van der Waals surface area contributed by atoms with Crippen LogP contribution >= 0.6 is 0 Å². The van der Waals surface area contributed by atoms with Gasteiger partial charge in [0.05, 0.1) is 0 Å².